The second-order valence-corrected chi connectivity index (χ2v) is 14.7. The van der Waals surface area contributed by atoms with Gasteiger partial charge < -0.3 is 0 Å². The standard InChI is InChI=1S/C55H36N2/c1-4-16-37(17-5-1)42-33-43(35-44(34-42)54-48-26-12-10-24-46(48)53(38-18-6-2-7-19-38)47-25-11-13-27-49(47)54)40-21-14-20-39(32-40)41-29-30-52-51(36-41)50-28-15-31-56-55(50)57(52)45-22-8-3-9-23-45/h1-36H. The van der Waals surface area contributed by atoms with E-state index in [0.29, 0.717) is 0 Å². The summed E-state index contributed by atoms with van der Waals surface area (Å²) in [5, 5.41) is 7.34. The normalized spacial score (nSPS) is 11.5. The maximum Gasteiger partial charge on any atom is 0.145 e. The van der Waals surface area contributed by atoms with Gasteiger partial charge in [0, 0.05) is 22.7 Å². The van der Waals surface area contributed by atoms with Crippen LogP contribution in [-0.2, 0) is 0 Å². The van der Waals surface area contributed by atoms with Gasteiger partial charge in [0.15, 0.2) is 0 Å². The molecular weight excluding hydrogens is 689 g/mol. The van der Waals surface area contributed by atoms with Gasteiger partial charge in [-0.2, -0.15) is 0 Å². The van der Waals surface area contributed by atoms with Crippen LogP contribution in [-0.4, -0.2) is 9.55 Å². The van der Waals surface area contributed by atoms with E-state index in [1.807, 2.05) is 12.3 Å². The summed E-state index contributed by atoms with van der Waals surface area (Å²) in [6.45, 7) is 0. The summed E-state index contributed by atoms with van der Waals surface area (Å²) in [7, 11) is 0. The highest BCUT2D eigenvalue weighted by atomic mass is 15.0. The number of para-hydroxylation sites is 1. The van der Waals surface area contributed by atoms with Crippen molar-refractivity contribution in [2.45, 2.75) is 0 Å². The lowest BCUT2D eigenvalue weighted by Gasteiger charge is -2.19. The van der Waals surface area contributed by atoms with Gasteiger partial charge in [0.25, 0.3) is 0 Å². The molecule has 11 rings (SSSR count). The van der Waals surface area contributed by atoms with E-state index in [1.54, 1.807) is 0 Å². The molecule has 2 nitrogen and oxygen atoms in total. The van der Waals surface area contributed by atoms with E-state index in [9.17, 15) is 0 Å². The SMILES string of the molecule is c1ccc(-c2cc(-c3cccc(-c4ccc5c(c4)c4cccnc4n5-c4ccccc4)c3)cc(-c3c4ccccc4c(-c4ccccc4)c4ccccc34)c2)cc1. The molecule has 0 aliphatic carbocycles. The van der Waals surface area contributed by atoms with Crippen LogP contribution in [0.15, 0.2) is 219 Å². The molecule has 266 valence electrons. The van der Waals surface area contributed by atoms with Crippen LogP contribution >= 0.6 is 0 Å². The Hall–Kier alpha value is -7.55. The summed E-state index contributed by atoms with van der Waals surface area (Å²) in [5.74, 6) is 0. The predicted molar refractivity (Wildman–Crippen MR) is 241 cm³/mol. The molecule has 0 radical (unpaired) electrons. The van der Waals surface area contributed by atoms with Crippen LogP contribution in [0.4, 0.5) is 0 Å². The molecule has 2 aromatic heterocycles. The Balaban J connectivity index is 1.11. The van der Waals surface area contributed by atoms with Gasteiger partial charge in [-0.15, -0.1) is 0 Å². The van der Waals surface area contributed by atoms with E-state index in [2.05, 4.69) is 211 Å². The van der Waals surface area contributed by atoms with Crippen molar-refractivity contribution in [3.8, 4) is 61.3 Å². The first-order valence-electron chi connectivity index (χ1n) is 19.5. The first-order chi connectivity index (χ1) is 28.3. The van der Waals surface area contributed by atoms with Crippen LogP contribution in [0.1, 0.15) is 0 Å². The van der Waals surface area contributed by atoms with Crippen molar-refractivity contribution in [1.82, 2.24) is 9.55 Å². The summed E-state index contributed by atoms with van der Waals surface area (Å²) >= 11 is 0. The zero-order valence-electron chi connectivity index (χ0n) is 31.2. The van der Waals surface area contributed by atoms with Gasteiger partial charge in [0.1, 0.15) is 5.65 Å². The largest absolute Gasteiger partial charge is 0.294 e. The quantitative estimate of drug-likeness (QED) is 0.156. The van der Waals surface area contributed by atoms with Crippen molar-refractivity contribution < 1.29 is 0 Å². The molecule has 0 fully saturated rings. The summed E-state index contributed by atoms with van der Waals surface area (Å²) in [4.78, 5) is 4.84. The molecule has 0 atom stereocenters. The second kappa shape index (κ2) is 13.6. The number of benzene rings is 9. The zero-order chi connectivity index (χ0) is 37.7. The summed E-state index contributed by atoms with van der Waals surface area (Å²) in [5.41, 5.74) is 15.3. The number of hydrogen-bond acceptors (Lipinski definition) is 1. The second-order valence-electron chi connectivity index (χ2n) is 14.7. The lowest BCUT2D eigenvalue weighted by Crippen LogP contribution is -1.94. The third-order valence-electron chi connectivity index (χ3n) is 11.4. The molecule has 0 bridgehead atoms. The molecule has 2 heterocycles. The number of nitrogens with zero attached hydrogens (tertiary/aromatic N) is 2. The lowest BCUT2D eigenvalue weighted by atomic mass is 9.84. The van der Waals surface area contributed by atoms with E-state index in [-0.39, 0.29) is 0 Å². The van der Waals surface area contributed by atoms with Crippen LogP contribution in [0.2, 0.25) is 0 Å². The zero-order valence-corrected chi connectivity index (χ0v) is 31.2. The first-order valence-corrected chi connectivity index (χ1v) is 19.5. The minimum Gasteiger partial charge on any atom is -0.294 e. The molecule has 9 aromatic carbocycles. The van der Waals surface area contributed by atoms with Crippen molar-refractivity contribution in [2.24, 2.45) is 0 Å². The number of fused-ring (bicyclic) bond motifs is 5. The predicted octanol–water partition coefficient (Wildman–Crippen LogP) is 14.8. The van der Waals surface area contributed by atoms with Crippen LogP contribution in [0.3, 0.4) is 0 Å². The lowest BCUT2D eigenvalue weighted by molar-refractivity contribution is 1.14. The van der Waals surface area contributed by atoms with Crippen molar-refractivity contribution in [3.63, 3.8) is 0 Å². The Labute approximate surface area is 331 Å². The van der Waals surface area contributed by atoms with Gasteiger partial charge in [-0.25, -0.2) is 4.98 Å². The molecule has 0 saturated heterocycles. The maximum absolute atomic E-state index is 4.84. The molecular formula is C55H36N2. The average molecular weight is 725 g/mol. The van der Waals surface area contributed by atoms with Gasteiger partial charge >= 0.3 is 0 Å². The van der Waals surface area contributed by atoms with Crippen LogP contribution in [0.25, 0.3) is 105 Å². The molecule has 57 heavy (non-hydrogen) atoms. The summed E-state index contributed by atoms with van der Waals surface area (Å²) in [6, 6.07) is 77.1. The monoisotopic (exact) mass is 724 g/mol. The summed E-state index contributed by atoms with van der Waals surface area (Å²) in [6.07, 6.45) is 1.88. The first kappa shape index (κ1) is 32.8. The minimum atomic E-state index is 0.965. The van der Waals surface area contributed by atoms with E-state index < -0.39 is 0 Å². The number of hydrogen-bond donors (Lipinski definition) is 0. The van der Waals surface area contributed by atoms with E-state index in [4.69, 9.17) is 4.98 Å². The van der Waals surface area contributed by atoms with E-state index >= 15 is 0 Å². The van der Waals surface area contributed by atoms with Crippen LogP contribution in [0, 0.1) is 0 Å². The van der Waals surface area contributed by atoms with E-state index in [0.717, 1.165) is 22.2 Å². The Bertz CT molecular complexity index is 3210. The molecule has 0 saturated carbocycles. The van der Waals surface area contributed by atoms with Crippen molar-refractivity contribution in [3.05, 3.63) is 219 Å². The van der Waals surface area contributed by atoms with Crippen LogP contribution < -0.4 is 0 Å². The number of aromatic nitrogens is 2. The Morgan fingerprint density at radius 1 is 0.281 bits per heavy atom. The van der Waals surface area contributed by atoms with Gasteiger partial charge in [-0.05, 0) is 138 Å². The summed E-state index contributed by atoms with van der Waals surface area (Å²) < 4.78 is 2.27. The van der Waals surface area contributed by atoms with Crippen LogP contribution in [0.5, 0.6) is 0 Å². The highest BCUT2D eigenvalue weighted by molar-refractivity contribution is 6.21. The van der Waals surface area contributed by atoms with Crippen molar-refractivity contribution >= 4 is 43.5 Å². The molecule has 0 spiro atoms. The highest BCUT2D eigenvalue weighted by Gasteiger charge is 2.19. The fraction of sp³-hybridized carbons (Fsp3) is 0. The molecule has 0 N–H and O–H groups in total. The molecule has 0 aliphatic heterocycles. The van der Waals surface area contributed by atoms with Gasteiger partial charge in [-0.1, -0.05) is 152 Å². The maximum atomic E-state index is 4.84. The third kappa shape index (κ3) is 5.61. The number of rotatable bonds is 6. The van der Waals surface area contributed by atoms with Gasteiger partial charge in [0.2, 0.25) is 0 Å². The fourth-order valence-electron chi connectivity index (χ4n) is 8.83. The average Bonchev–Trinajstić information content (AvgIpc) is 3.62. The third-order valence-corrected chi connectivity index (χ3v) is 11.4. The Morgan fingerprint density at radius 2 is 0.737 bits per heavy atom. The van der Waals surface area contributed by atoms with E-state index in [1.165, 1.54) is 82.6 Å². The van der Waals surface area contributed by atoms with Gasteiger partial charge in [-0.3, -0.25) is 4.57 Å². The van der Waals surface area contributed by atoms with Crippen molar-refractivity contribution in [2.75, 3.05) is 0 Å². The Kier molecular flexibility index (Phi) is 7.86. The molecule has 0 aliphatic rings. The molecule has 11 aromatic rings. The highest BCUT2D eigenvalue weighted by Crippen LogP contribution is 2.45. The minimum absolute atomic E-state index is 0.965. The number of pyridine rings is 1. The Morgan fingerprint density at radius 3 is 1.39 bits per heavy atom. The van der Waals surface area contributed by atoms with Crippen molar-refractivity contribution in [1.29, 1.82) is 0 Å². The molecule has 2 heteroatoms. The molecule has 0 amide bonds. The topological polar surface area (TPSA) is 17.8 Å². The smallest absolute Gasteiger partial charge is 0.145 e. The fourth-order valence-corrected chi connectivity index (χ4v) is 8.83. The van der Waals surface area contributed by atoms with Gasteiger partial charge in [0.05, 0.1) is 5.52 Å². The molecule has 0 unspecified atom stereocenters.